The molecular formula is C26H19ClF3N5O4S. The maximum absolute atomic E-state index is 13.5. The molecule has 2 aromatic carbocycles. The van der Waals surface area contributed by atoms with Crippen molar-refractivity contribution in [3.63, 3.8) is 0 Å². The van der Waals surface area contributed by atoms with E-state index in [1.54, 1.807) is 36.0 Å². The summed E-state index contributed by atoms with van der Waals surface area (Å²) in [6, 6.07) is 7.08. The summed E-state index contributed by atoms with van der Waals surface area (Å²) in [6.45, 7) is -0.152. The van der Waals surface area contributed by atoms with Crippen molar-refractivity contribution in [3.05, 3.63) is 87.4 Å². The topological polar surface area (TPSA) is 110 Å². The lowest BCUT2D eigenvalue weighted by Gasteiger charge is -2.20. The van der Waals surface area contributed by atoms with Gasteiger partial charge in [0, 0.05) is 30.1 Å². The standard InChI is InChI=1S/C26H19ClF3N5O4S/c1-33-12-18(31-13-33)9-21(24(37)38)35-23(36)22(40-25(35)39)7-14-2-5-20-16(6-14)10-32-34(20)11-15-3-4-17(27)8-19(15)26(28,29)30/h2-8,10,12-13,21H,9,11H2,1H3,(H,37,38)/b22-7-. The zero-order valence-corrected chi connectivity index (χ0v) is 22.2. The van der Waals surface area contributed by atoms with Crippen LogP contribution < -0.4 is 0 Å². The predicted octanol–water partition coefficient (Wildman–Crippen LogP) is 5.22. The number of hydrogen-bond acceptors (Lipinski definition) is 6. The fourth-order valence-corrected chi connectivity index (χ4v) is 5.44. The van der Waals surface area contributed by atoms with Crippen molar-refractivity contribution in [3.8, 4) is 0 Å². The van der Waals surface area contributed by atoms with Crippen LogP contribution in [-0.4, -0.2) is 52.5 Å². The molecule has 5 rings (SSSR count). The number of fused-ring (bicyclic) bond motifs is 1. The highest BCUT2D eigenvalue weighted by Gasteiger charge is 2.43. The van der Waals surface area contributed by atoms with E-state index in [4.69, 9.17) is 11.6 Å². The van der Waals surface area contributed by atoms with E-state index < -0.39 is 34.9 Å². The van der Waals surface area contributed by atoms with Crippen LogP contribution in [0.4, 0.5) is 18.0 Å². The number of aryl methyl sites for hydroxylation is 1. The Morgan fingerprint density at radius 3 is 2.65 bits per heavy atom. The summed E-state index contributed by atoms with van der Waals surface area (Å²) >= 11 is 6.40. The quantitative estimate of drug-likeness (QED) is 0.294. The monoisotopic (exact) mass is 589 g/mol. The van der Waals surface area contributed by atoms with Gasteiger partial charge in [-0.3, -0.25) is 19.2 Å². The normalized spacial score (nSPS) is 15.9. The third-order valence-electron chi connectivity index (χ3n) is 6.24. The lowest BCUT2D eigenvalue weighted by atomic mass is 10.1. The molecule has 40 heavy (non-hydrogen) atoms. The zero-order valence-electron chi connectivity index (χ0n) is 20.6. The number of amides is 2. The third kappa shape index (κ3) is 5.47. The molecule has 0 bridgehead atoms. The van der Waals surface area contributed by atoms with Gasteiger partial charge in [0.15, 0.2) is 0 Å². The lowest BCUT2D eigenvalue weighted by Crippen LogP contribution is -2.45. The van der Waals surface area contributed by atoms with Crippen molar-refractivity contribution in [2.24, 2.45) is 7.05 Å². The highest BCUT2D eigenvalue weighted by molar-refractivity contribution is 8.18. The number of halogens is 4. The highest BCUT2D eigenvalue weighted by atomic mass is 35.5. The van der Waals surface area contributed by atoms with E-state index in [9.17, 15) is 32.7 Å². The first-order valence-electron chi connectivity index (χ1n) is 11.7. The average Bonchev–Trinajstić information content (AvgIpc) is 3.55. The number of imidazole rings is 1. The van der Waals surface area contributed by atoms with E-state index in [2.05, 4.69) is 10.1 Å². The van der Waals surface area contributed by atoms with E-state index in [0.717, 1.165) is 6.07 Å². The molecule has 0 saturated carbocycles. The number of alkyl halides is 3. The van der Waals surface area contributed by atoms with Gasteiger partial charge >= 0.3 is 12.1 Å². The smallest absolute Gasteiger partial charge is 0.416 e. The predicted molar refractivity (Wildman–Crippen MR) is 141 cm³/mol. The number of hydrogen-bond donors (Lipinski definition) is 1. The van der Waals surface area contributed by atoms with Crippen molar-refractivity contribution in [2.45, 2.75) is 25.2 Å². The Balaban J connectivity index is 1.39. The van der Waals surface area contributed by atoms with E-state index in [-0.39, 0.29) is 28.5 Å². The van der Waals surface area contributed by atoms with E-state index in [1.807, 2.05) is 0 Å². The summed E-state index contributed by atoms with van der Waals surface area (Å²) in [5, 5.41) is 13.8. The van der Waals surface area contributed by atoms with Gasteiger partial charge in [-0.2, -0.15) is 18.3 Å². The molecule has 0 radical (unpaired) electrons. The third-order valence-corrected chi connectivity index (χ3v) is 7.36. The number of aromatic nitrogens is 4. The summed E-state index contributed by atoms with van der Waals surface area (Å²) < 4.78 is 43.6. The van der Waals surface area contributed by atoms with Gasteiger partial charge in [-0.05, 0) is 53.2 Å². The van der Waals surface area contributed by atoms with Crippen LogP contribution in [0.15, 0.2) is 60.0 Å². The lowest BCUT2D eigenvalue weighted by molar-refractivity contribution is -0.145. The minimum Gasteiger partial charge on any atom is -0.480 e. The highest BCUT2D eigenvalue weighted by Crippen LogP contribution is 2.36. The van der Waals surface area contributed by atoms with E-state index in [1.165, 1.54) is 35.4 Å². The molecule has 2 aromatic heterocycles. The molecule has 1 atom stereocenters. The van der Waals surface area contributed by atoms with E-state index in [0.29, 0.717) is 38.8 Å². The van der Waals surface area contributed by atoms with Crippen LogP contribution in [0.25, 0.3) is 17.0 Å². The largest absolute Gasteiger partial charge is 0.480 e. The second kappa shape index (κ2) is 10.5. The number of rotatable bonds is 7. The average molecular weight is 590 g/mol. The second-order valence-corrected chi connectivity index (χ2v) is 10.5. The summed E-state index contributed by atoms with van der Waals surface area (Å²) in [7, 11) is 1.72. The zero-order chi connectivity index (χ0) is 28.8. The Morgan fingerprint density at radius 2 is 1.98 bits per heavy atom. The Bertz CT molecular complexity index is 1700. The maximum atomic E-state index is 13.5. The van der Waals surface area contributed by atoms with Crippen molar-refractivity contribution in [1.29, 1.82) is 0 Å². The van der Waals surface area contributed by atoms with Crippen LogP contribution in [0.1, 0.15) is 22.4 Å². The number of carboxylic acids is 1. The number of benzene rings is 2. The first kappa shape index (κ1) is 27.5. The number of imide groups is 1. The van der Waals surface area contributed by atoms with Crippen LogP contribution in [-0.2, 0) is 35.8 Å². The number of carbonyl (C=O) groups is 3. The summed E-state index contributed by atoms with van der Waals surface area (Å²) in [5.74, 6) is -2.08. The van der Waals surface area contributed by atoms with Gasteiger partial charge in [-0.1, -0.05) is 23.7 Å². The van der Waals surface area contributed by atoms with Gasteiger partial charge < -0.3 is 9.67 Å². The first-order chi connectivity index (χ1) is 18.9. The molecule has 1 N–H and O–H groups in total. The summed E-state index contributed by atoms with van der Waals surface area (Å²) in [4.78, 5) is 42.5. The minimum atomic E-state index is -4.59. The number of nitrogens with zero attached hydrogens (tertiary/aromatic N) is 5. The summed E-state index contributed by atoms with van der Waals surface area (Å²) in [6.07, 6.45) is 1.31. The molecular weight excluding hydrogens is 571 g/mol. The van der Waals surface area contributed by atoms with Crippen molar-refractivity contribution in [2.75, 3.05) is 0 Å². The molecule has 4 aromatic rings. The molecule has 2 amide bonds. The Hall–Kier alpha value is -4.10. The van der Waals surface area contributed by atoms with Gasteiger partial charge in [0.2, 0.25) is 0 Å². The van der Waals surface area contributed by atoms with Gasteiger partial charge in [-0.15, -0.1) is 0 Å². The maximum Gasteiger partial charge on any atom is 0.416 e. The SMILES string of the molecule is Cn1cnc(CC(C(=O)O)N2C(=O)S/C(=C\c3ccc4c(cnn4Cc4ccc(Cl)cc4C(F)(F)F)c3)C2=O)c1. The molecule has 3 heterocycles. The van der Waals surface area contributed by atoms with E-state index >= 15 is 0 Å². The van der Waals surface area contributed by atoms with Gasteiger partial charge in [0.25, 0.3) is 11.1 Å². The fraction of sp³-hybridized carbons (Fsp3) is 0.192. The van der Waals surface area contributed by atoms with Gasteiger partial charge in [0.05, 0.1) is 40.7 Å². The minimum absolute atomic E-state index is 0.00154. The molecule has 1 unspecified atom stereocenters. The van der Waals surface area contributed by atoms with Gasteiger partial charge in [0.1, 0.15) is 6.04 Å². The van der Waals surface area contributed by atoms with Crippen molar-refractivity contribution >= 4 is 57.5 Å². The molecule has 14 heteroatoms. The fourth-order valence-electron chi connectivity index (χ4n) is 4.39. The molecule has 1 aliphatic heterocycles. The van der Waals surface area contributed by atoms with Crippen molar-refractivity contribution < 1.29 is 32.7 Å². The molecule has 206 valence electrons. The number of carboxylic acid groups (broad SMARTS) is 1. The second-order valence-electron chi connectivity index (χ2n) is 9.06. The Labute approximate surface area is 233 Å². The van der Waals surface area contributed by atoms with Gasteiger partial charge in [-0.25, -0.2) is 9.78 Å². The molecule has 0 aliphatic carbocycles. The number of thioether (sulfide) groups is 1. The van der Waals surface area contributed by atoms with Crippen LogP contribution in [0.2, 0.25) is 5.02 Å². The number of aliphatic carboxylic acids is 1. The Kier molecular flexibility index (Phi) is 7.19. The van der Waals surface area contributed by atoms with Crippen LogP contribution in [0.5, 0.6) is 0 Å². The summed E-state index contributed by atoms with van der Waals surface area (Å²) in [5.41, 5.74) is 0.643. The molecule has 0 spiro atoms. The Morgan fingerprint density at radius 1 is 1.20 bits per heavy atom. The number of carbonyl (C=O) groups excluding carboxylic acids is 2. The molecule has 1 saturated heterocycles. The first-order valence-corrected chi connectivity index (χ1v) is 12.9. The van der Waals surface area contributed by atoms with Crippen molar-refractivity contribution in [1.82, 2.24) is 24.2 Å². The molecule has 1 fully saturated rings. The van der Waals surface area contributed by atoms with Crippen LogP contribution in [0.3, 0.4) is 0 Å². The van der Waals surface area contributed by atoms with Crippen LogP contribution in [0, 0.1) is 0 Å². The van der Waals surface area contributed by atoms with Crippen LogP contribution >= 0.6 is 23.4 Å². The molecule has 1 aliphatic rings. The molecule has 9 nitrogen and oxygen atoms in total.